The molecule has 0 aliphatic carbocycles. The summed E-state index contributed by atoms with van der Waals surface area (Å²) in [5.41, 5.74) is 14.5. The van der Waals surface area contributed by atoms with Crippen LogP contribution in [-0.2, 0) is 6.54 Å². The molecule has 0 fully saturated rings. The van der Waals surface area contributed by atoms with Crippen LogP contribution in [0.5, 0.6) is 0 Å². The largest absolute Gasteiger partial charge is 0.369 e. The van der Waals surface area contributed by atoms with Crippen molar-refractivity contribution in [3.8, 4) is 0 Å². The molecule has 0 amide bonds. The molecular formula is C14H18ClN6+. The second kappa shape index (κ2) is 6.41. The average molecular weight is 306 g/mol. The number of aryl methyl sites for hydroxylation is 1. The number of guanidine groups is 1. The van der Waals surface area contributed by atoms with E-state index in [1.54, 1.807) is 6.21 Å². The number of nitrogens with one attached hydrogen (secondary N) is 1. The van der Waals surface area contributed by atoms with E-state index in [4.69, 9.17) is 23.1 Å². The Bertz CT molecular complexity index is 697. The summed E-state index contributed by atoms with van der Waals surface area (Å²) in [6.45, 7) is 4.62. The van der Waals surface area contributed by atoms with Crippen molar-refractivity contribution in [2.45, 2.75) is 20.4 Å². The fourth-order valence-corrected chi connectivity index (χ4v) is 2.26. The van der Waals surface area contributed by atoms with Gasteiger partial charge >= 0.3 is 0 Å². The first-order valence-electron chi connectivity index (χ1n) is 6.43. The smallest absolute Gasteiger partial charge is 0.214 e. The predicted octanol–water partition coefficient (Wildman–Crippen LogP) is 1.23. The zero-order valence-corrected chi connectivity index (χ0v) is 12.7. The maximum atomic E-state index is 6.19. The highest BCUT2D eigenvalue weighted by atomic mass is 35.5. The Balaban J connectivity index is 2.29. The quantitative estimate of drug-likeness (QED) is 0.343. The number of hydrogen-bond donors (Lipinski definition) is 3. The molecule has 5 N–H and O–H groups in total. The van der Waals surface area contributed by atoms with E-state index in [-0.39, 0.29) is 5.96 Å². The minimum atomic E-state index is -0.0685. The molecule has 0 bridgehead atoms. The van der Waals surface area contributed by atoms with Gasteiger partial charge in [-0.05, 0) is 13.0 Å². The number of nitrogens with two attached hydrogens (primary N) is 2. The van der Waals surface area contributed by atoms with Crippen LogP contribution in [0, 0.1) is 13.8 Å². The monoisotopic (exact) mass is 305 g/mol. The van der Waals surface area contributed by atoms with Gasteiger partial charge in [0.1, 0.15) is 0 Å². The van der Waals surface area contributed by atoms with Crippen LogP contribution in [0.1, 0.15) is 22.5 Å². The summed E-state index contributed by atoms with van der Waals surface area (Å²) in [6.07, 6.45) is 1.63. The zero-order valence-electron chi connectivity index (χ0n) is 12.0. The van der Waals surface area contributed by atoms with Gasteiger partial charge in [-0.25, -0.2) is 0 Å². The number of hydrogen-bond acceptors (Lipinski definition) is 2. The molecule has 2 rings (SSSR count). The number of aromatic nitrogens is 2. The maximum absolute atomic E-state index is 6.19. The molecule has 0 spiro atoms. The molecule has 0 aliphatic heterocycles. The van der Waals surface area contributed by atoms with Crippen molar-refractivity contribution in [3.05, 3.63) is 51.8 Å². The normalized spacial score (nSPS) is 11.0. The molecule has 1 aromatic carbocycles. The molecular weight excluding hydrogens is 288 g/mol. The molecule has 0 unspecified atom stereocenters. The van der Waals surface area contributed by atoms with E-state index in [0.717, 1.165) is 27.5 Å². The molecule has 0 aliphatic rings. The van der Waals surface area contributed by atoms with Crippen molar-refractivity contribution in [1.29, 1.82) is 0 Å². The Morgan fingerprint density at radius 2 is 2.05 bits per heavy atom. The van der Waals surface area contributed by atoms with E-state index in [9.17, 15) is 0 Å². The summed E-state index contributed by atoms with van der Waals surface area (Å²) in [7, 11) is 0. The van der Waals surface area contributed by atoms with Gasteiger partial charge in [-0.15, -0.1) is 9.78 Å². The second-order valence-electron chi connectivity index (χ2n) is 4.68. The van der Waals surface area contributed by atoms with Crippen LogP contribution in [0.25, 0.3) is 0 Å². The van der Waals surface area contributed by atoms with Crippen molar-refractivity contribution in [3.63, 3.8) is 0 Å². The van der Waals surface area contributed by atoms with E-state index >= 15 is 0 Å². The fourth-order valence-electron chi connectivity index (χ4n) is 2.06. The van der Waals surface area contributed by atoms with Crippen LogP contribution in [-0.4, -0.2) is 17.3 Å². The lowest BCUT2D eigenvalue weighted by atomic mass is 10.2. The van der Waals surface area contributed by atoms with E-state index in [2.05, 4.69) is 15.3 Å². The molecule has 2 aromatic rings. The number of benzene rings is 1. The summed E-state index contributed by atoms with van der Waals surface area (Å²) in [5, 5.41) is 11.5. The average Bonchev–Trinajstić information content (AvgIpc) is 2.68. The lowest BCUT2D eigenvalue weighted by Crippen LogP contribution is -2.39. The van der Waals surface area contributed by atoms with Crippen molar-refractivity contribution in [2.24, 2.45) is 21.7 Å². The van der Waals surface area contributed by atoms with Crippen LogP contribution in [0.4, 0.5) is 0 Å². The van der Waals surface area contributed by atoms with Gasteiger partial charge in [0.2, 0.25) is 11.7 Å². The number of rotatable bonds is 4. The number of halogens is 1. The van der Waals surface area contributed by atoms with Crippen molar-refractivity contribution < 1.29 is 4.68 Å². The molecule has 0 saturated carbocycles. The van der Waals surface area contributed by atoms with Gasteiger partial charge < -0.3 is 11.5 Å². The van der Waals surface area contributed by atoms with E-state index in [0.29, 0.717) is 6.54 Å². The van der Waals surface area contributed by atoms with E-state index in [1.807, 2.05) is 42.8 Å². The van der Waals surface area contributed by atoms with Crippen molar-refractivity contribution in [1.82, 2.24) is 5.10 Å². The highest BCUT2D eigenvalue weighted by molar-refractivity contribution is 6.31. The maximum Gasteiger partial charge on any atom is 0.214 e. The summed E-state index contributed by atoms with van der Waals surface area (Å²) >= 11 is 6.19. The Morgan fingerprint density at radius 3 is 2.71 bits per heavy atom. The van der Waals surface area contributed by atoms with Crippen LogP contribution >= 0.6 is 11.6 Å². The van der Waals surface area contributed by atoms with Gasteiger partial charge in [-0.2, -0.15) is 10.2 Å². The standard InChI is InChI=1S/C14H17ClN6/c1-9-12(7-18-19-14(16)17)10(2)21(20-9)8-11-5-3-4-6-13(11)15/h3-7H,8H2,1-2H3,(H4,16,17,19)/p+1/b18-7+. The first kappa shape index (κ1) is 15.1. The number of nitrogens with zero attached hydrogens (tertiary/aromatic N) is 3. The zero-order chi connectivity index (χ0) is 15.4. The van der Waals surface area contributed by atoms with Crippen LogP contribution < -0.4 is 16.1 Å². The molecule has 21 heavy (non-hydrogen) atoms. The molecule has 1 heterocycles. The summed E-state index contributed by atoms with van der Waals surface area (Å²) in [6, 6.07) is 7.76. The van der Waals surface area contributed by atoms with Gasteiger partial charge in [0.25, 0.3) is 0 Å². The minimum absolute atomic E-state index is 0.0685. The summed E-state index contributed by atoms with van der Waals surface area (Å²) < 4.78 is 2.01. The van der Waals surface area contributed by atoms with E-state index < -0.39 is 0 Å². The summed E-state index contributed by atoms with van der Waals surface area (Å²) in [4.78, 5) is 0. The van der Waals surface area contributed by atoms with E-state index in [1.165, 1.54) is 0 Å². The third-order valence-electron chi connectivity index (χ3n) is 3.15. The van der Waals surface area contributed by atoms with Crippen molar-refractivity contribution in [2.75, 3.05) is 0 Å². The Hall–Kier alpha value is -2.34. The fraction of sp³-hybridized carbons (Fsp3) is 0.214. The SMILES string of the molecule is Cc1[nH][n+](Cc2ccccc2Cl)c(C)c1/C=N/N=C(N)N. The molecule has 1 aromatic heterocycles. The minimum Gasteiger partial charge on any atom is -0.369 e. The van der Waals surface area contributed by atoms with Crippen LogP contribution in [0.15, 0.2) is 34.5 Å². The summed E-state index contributed by atoms with van der Waals surface area (Å²) in [5.74, 6) is -0.0685. The first-order chi connectivity index (χ1) is 9.99. The molecule has 0 atom stereocenters. The molecule has 110 valence electrons. The van der Waals surface area contributed by atoms with Crippen LogP contribution in [0.3, 0.4) is 0 Å². The topological polar surface area (TPSA) is 96.4 Å². The highest BCUT2D eigenvalue weighted by Crippen LogP contribution is 2.15. The van der Waals surface area contributed by atoms with Gasteiger partial charge in [-0.3, -0.25) is 0 Å². The molecule has 7 heteroatoms. The molecule has 6 nitrogen and oxygen atoms in total. The van der Waals surface area contributed by atoms with Crippen LogP contribution in [0.2, 0.25) is 5.02 Å². The highest BCUT2D eigenvalue weighted by Gasteiger charge is 2.18. The number of H-pyrrole nitrogens is 1. The second-order valence-corrected chi connectivity index (χ2v) is 5.09. The van der Waals surface area contributed by atoms with Gasteiger partial charge in [0, 0.05) is 12.5 Å². The lowest BCUT2D eigenvalue weighted by molar-refractivity contribution is -0.747. The molecule has 0 saturated heterocycles. The lowest BCUT2D eigenvalue weighted by Gasteiger charge is -1.99. The Kier molecular flexibility index (Phi) is 4.59. The number of aromatic amines is 1. The Morgan fingerprint density at radius 1 is 1.33 bits per heavy atom. The predicted molar refractivity (Wildman–Crippen MR) is 84.4 cm³/mol. The molecule has 0 radical (unpaired) electrons. The van der Waals surface area contributed by atoms with Gasteiger partial charge in [-0.1, -0.05) is 29.8 Å². The third-order valence-corrected chi connectivity index (χ3v) is 3.52. The third kappa shape index (κ3) is 3.61. The van der Waals surface area contributed by atoms with Crippen molar-refractivity contribution >= 4 is 23.8 Å². The van der Waals surface area contributed by atoms with Gasteiger partial charge in [0.15, 0.2) is 6.54 Å². The Labute approximate surface area is 128 Å². The van der Waals surface area contributed by atoms with Gasteiger partial charge in [0.05, 0.1) is 22.5 Å². The first-order valence-corrected chi connectivity index (χ1v) is 6.81.